The summed E-state index contributed by atoms with van der Waals surface area (Å²) in [6.45, 7) is 12.1. The molecule has 0 fully saturated rings. The van der Waals surface area contributed by atoms with E-state index >= 15 is 0 Å². The molecule has 0 aromatic carbocycles. The highest BCUT2D eigenvalue weighted by molar-refractivity contribution is 4.66. The fraction of sp³-hybridized carbons (Fsp3) is 1.00. The maximum Gasteiger partial charge on any atom is 0.0789 e. The molecular weight excluding hydrogens is 200 g/mol. The van der Waals surface area contributed by atoms with Crippen molar-refractivity contribution in [2.45, 2.75) is 53.1 Å². The van der Waals surface area contributed by atoms with Crippen molar-refractivity contribution in [2.75, 3.05) is 26.2 Å². The molecule has 98 valence electrons. The van der Waals surface area contributed by atoms with Gasteiger partial charge in [-0.3, -0.25) is 0 Å². The maximum absolute atomic E-state index is 9.48. The van der Waals surface area contributed by atoms with Crippen LogP contribution in [0, 0.1) is 5.41 Å². The van der Waals surface area contributed by atoms with Crippen molar-refractivity contribution in [3.8, 4) is 0 Å². The summed E-state index contributed by atoms with van der Waals surface area (Å²) in [5, 5.41) is 9.48. The van der Waals surface area contributed by atoms with Gasteiger partial charge in [-0.1, -0.05) is 34.1 Å². The van der Waals surface area contributed by atoms with Crippen LogP contribution in [0.2, 0.25) is 0 Å². The molecule has 0 saturated heterocycles. The summed E-state index contributed by atoms with van der Waals surface area (Å²) in [5.41, 5.74) is 5.85. The summed E-state index contributed by atoms with van der Waals surface area (Å²) in [5.74, 6) is 0. The first-order chi connectivity index (χ1) is 7.39. The van der Waals surface area contributed by atoms with Crippen molar-refractivity contribution < 1.29 is 5.11 Å². The summed E-state index contributed by atoms with van der Waals surface area (Å²) in [4.78, 5) is 2.28. The van der Waals surface area contributed by atoms with E-state index in [2.05, 4.69) is 32.6 Å². The van der Waals surface area contributed by atoms with E-state index in [1.54, 1.807) is 0 Å². The molecule has 0 aliphatic rings. The number of rotatable bonds is 8. The number of hydrogen-bond donors (Lipinski definition) is 2. The van der Waals surface area contributed by atoms with Crippen molar-refractivity contribution in [1.82, 2.24) is 4.90 Å². The van der Waals surface area contributed by atoms with Gasteiger partial charge in [0.25, 0.3) is 0 Å². The van der Waals surface area contributed by atoms with Gasteiger partial charge in [0.15, 0.2) is 0 Å². The van der Waals surface area contributed by atoms with Crippen LogP contribution in [0.4, 0.5) is 0 Å². The Bertz CT molecular complexity index is 166. The Balaban J connectivity index is 3.63. The van der Waals surface area contributed by atoms with E-state index < -0.39 is 0 Å². The van der Waals surface area contributed by atoms with Gasteiger partial charge >= 0.3 is 0 Å². The monoisotopic (exact) mass is 230 g/mol. The lowest BCUT2D eigenvalue weighted by atomic mass is 9.90. The highest BCUT2D eigenvalue weighted by Gasteiger charge is 2.11. The van der Waals surface area contributed by atoms with E-state index in [-0.39, 0.29) is 6.10 Å². The number of aliphatic hydroxyl groups excluding tert-OH is 1. The highest BCUT2D eigenvalue weighted by atomic mass is 16.3. The standard InChI is InChI=1S/C13H30N2O/c1-5-15(11-12(16)10-14)9-7-6-8-13(2,3)4/h12,16H,5-11,14H2,1-4H3. The first-order valence-corrected chi connectivity index (χ1v) is 6.49. The molecule has 16 heavy (non-hydrogen) atoms. The van der Waals surface area contributed by atoms with Gasteiger partial charge in [0, 0.05) is 13.1 Å². The van der Waals surface area contributed by atoms with E-state index in [1.807, 2.05) is 0 Å². The predicted octanol–water partition coefficient (Wildman–Crippen LogP) is 1.84. The van der Waals surface area contributed by atoms with Gasteiger partial charge in [0.2, 0.25) is 0 Å². The number of nitrogens with zero attached hydrogens (tertiary/aromatic N) is 1. The van der Waals surface area contributed by atoms with Crippen molar-refractivity contribution >= 4 is 0 Å². The molecule has 0 heterocycles. The van der Waals surface area contributed by atoms with E-state index in [9.17, 15) is 5.11 Å². The topological polar surface area (TPSA) is 49.5 Å². The zero-order chi connectivity index (χ0) is 12.6. The Morgan fingerprint density at radius 3 is 2.31 bits per heavy atom. The third-order valence-corrected chi connectivity index (χ3v) is 2.84. The highest BCUT2D eigenvalue weighted by Crippen LogP contribution is 2.21. The number of nitrogens with two attached hydrogens (primary N) is 1. The second kappa shape index (κ2) is 8.04. The van der Waals surface area contributed by atoms with Crippen LogP contribution in [0.1, 0.15) is 47.0 Å². The Kier molecular flexibility index (Phi) is 7.98. The van der Waals surface area contributed by atoms with Crippen LogP contribution >= 0.6 is 0 Å². The molecule has 1 atom stereocenters. The summed E-state index contributed by atoms with van der Waals surface area (Å²) in [6.07, 6.45) is 3.37. The normalized spacial score (nSPS) is 14.4. The minimum Gasteiger partial charge on any atom is -0.390 e. The van der Waals surface area contributed by atoms with Crippen LogP contribution in [0.25, 0.3) is 0 Å². The Hall–Kier alpha value is -0.120. The molecule has 0 bridgehead atoms. The van der Waals surface area contributed by atoms with Crippen LogP contribution in [0.5, 0.6) is 0 Å². The lowest BCUT2D eigenvalue weighted by molar-refractivity contribution is 0.120. The molecule has 0 rings (SSSR count). The summed E-state index contributed by atoms with van der Waals surface area (Å²) in [6, 6.07) is 0. The average molecular weight is 230 g/mol. The summed E-state index contributed by atoms with van der Waals surface area (Å²) >= 11 is 0. The molecule has 3 heteroatoms. The fourth-order valence-electron chi connectivity index (χ4n) is 1.74. The molecule has 0 radical (unpaired) electrons. The Labute approximate surface area is 101 Å². The third-order valence-electron chi connectivity index (χ3n) is 2.84. The largest absolute Gasteiger partial charge is 0.390 e. The van der Waals surface area contributed by atoms with E-state index in [0.29, 0.717) is 18.5 Å². The average Bonchev–Trinajstić information content (AvgIpc) is 2.20. The molecule has 0 aliphatic heterocycles. The molecule has 3 N–H and O–H groups in total. The van der Waals surface area contributed by atoms with Crippen LogP contribution in [-0.2, 0) is 0 Å². The molecule has 1 unspecified atom stereocenters. The quantitative estimate of drug-likeness (QED) is 0.626. The van der Waals surface area contributed by atoms with E-state index in [0.717, 1.165) is 13.1 Å². The van der Waals surface area contributed by atoms with Gasteiger partial charge in [-0.05, 0) is 31.3 Å². The van der Waals surface area contributed by atoms with Gasteiger partial charge in [-0.2, -0.15) is 0 Å². The zero-order valence-corrected chi connectivity index (χ0v) is 11.5. The maximum atomic E-state index is 9.48. The minimum atomic E-state index is -0.373. The Morgan fingerprint density at radius 2 is 1.88 bits per heavy atom. The molecule has 3 nitrogen and oxygen atoms in total. The minimum absolute atomic E-state index is 0.360. The SMILES string of the molecule is CCN(CCCCC(C)(C)C)CC(O)CN. The van der Waals surface area contributed by atoms with Crippen molar-refractivity contribution in [1.29, 1.82) is 0 Å². The molecule has 0 saturated carbocycles. The van der Waals surface area contributed by atoms with E-state index in [4.69, 9.17) is 5.73 Å². The van der Waals surface area contributed by atoms with Gasteiger partial charge in [-0.25, -0.2) is 0 Å². The molecule has 0 spiro atoms. The third kappa shape index (κ3) is 9.13. The number of hydrogen-bond acceptors (Lipinski definition) is 3. The lowest BCUT2D eigenvalue weighted by Crippen LogP contribution is -2.37. The van der Waals surface area contributed by atoms with Crippen LogP contribution in [0.15, 0.2) is 0 Å². The van der Waals surface area contributed by atoms with Gasteiger partial charge < -0.3 is 15.7 Å². The van der Waals surface area contributed by atoms with E-state index in [1.165, 1.54) is 19.3 Å². The predicted molar refractivity (Wildman–Crippen MR) is 70.5 cm³/mol. The molecular formula is C13H30N2O. The first-order valence-electron chi connectivity index (χ1n) is 6.49. The van der Waals surface area contributed by atoms with Crippen LogP contribution < -0.4 is 5.73 Å². The van der Waals surface area contributed by atoms with Crippen molar-refractivity contribution in [2.24, 2.45) is 11.1 Å². The Morgan fingerprint density at radius 1 is 1.25 bits per heavy atom. The zero-order valence-electron chi connectivity index (χ0n) is 11.5. The van der Waals surface area contributed by atoms with Crippen LogP contribution in [-0.4, -0.2) is 42.3 Å². The lowest BCUT2D eigenvalue weighted by Gasteiger charge is -2.24. The van der Waals surface area contributed by atoms with Crippen LogP contribution in [0.3, 0.4) is 0 Å². The number of aliphatic hydroxyl groups is 1. The van der Waals surface area contributed by atoms with Gasteiger partial charge in [0.05, 0.1) is 6.10 Å². The fourth-order valence-corrected chi connectivity index (χ4v) is 1.74. The molecule has 0 aromatic rings. The second-order valence-electron chi connectivity index (χ2n) is 5.80. The molecule has 0 aromatic heterocycles. The number of likely N-dealkylation sites (N-methyl/N-ethyl adjacent to an activating group) is 1. The second-order valence-corrected chi connectivity index (χ2v) is 5.80. The van der Waals surface area contributed by atoms with Gasteiger partial charge in [0.1, 0.15) is 0 Å². The molecule has 0 aliphatic carbocycles. The summed E-state index contributed by atoms with van der Waals surface area (Å²) < 4.78 is 0. The number of unbranched alkanes of at least 4 members (excludes halogenated alkanes) is 1. The molecule has 0 amide bonds. The summed E-state index contributed by atoms with van der Waals surface area (Å²) in [7, 11) is 0. The smallest absolute Gasteiger partial charge is 0.0789 e. The van der Waals surface area contributed by atoms with Gasteiger partial charge in [-0.15, -0.1) is 0 Å². The van der Waals surface area contributed by atoms with Crippen molar-refractivity contribution in [3.05, 3.63) is 0 Å². The first kappa shape index (κ1) is 15.9. The van der Waals surface area contributed by atoms with Crippen molar-refractivity contribution in [3.63, 3.8) is 0 Å².